The second-order valence-electron chi connectivity index (χ2n) is 4.57. The molecular weight excluding hydrogens is 277 g/mol. The van der Waals surface area contributed by atoms with Crippen molar-refractivity contribution >= 4 is 11.7 Å². The van der Waals surface area contributed by atoms with Gasteiger partial charge in [-0.25, -0.2) is 4.39 Å². The van der Waals surface area contributed by atoms with E-state index in [9.17, 15) is 24.4 Å². The molecule has 1 unspecified atom stereocenters. The number of nitrogens with zero attached hydrogens (tertiary/aromatic N) is 1. The highest BCUT2D eigenvalue weighted by Crippen LogP contribution is 2.23. The molecule has 0 fully saturated rings. The second-order valence-corrected chi connectivity index (χ2v) is 4.57. The highest BCUT2D eigenvalue weighted by molar-refractivity contribution is 5.76. The number of hydrogen-bond donors (Lipinski definition) is 1. The van der Waals surface area contributed by atoms with Gasteiger partial charge in [-0.05, 0) is 29.7 Å². The minimum Gasteiger partial charge on any atom is -0.481 e. The summed E-state index contributed by atoms with van der Waals surface area (Å²) in [5.41, 5.74) is 1.10. The van der Waals surface area contributed by atoms with Gasteiger partial charge < -0.3 is 5.11 Å². The average molecular weight is 289 g/mol. The third-order valence-corrected chi connectivity index (χ3v) is 3.16. The Hall–Kier alpha value is -2.76. The Bertz CT molecular complexity index is 652. The fourth-order valence-corrected chi connectivity index (χ4v) is 2.03. The van der Waals surface area contributed by atoms with Crippen LogP contribution in [-0.2, 0) is 11.2 Å². The number of carboxylic acid groups (broad SMARTS) is 1. The van der Waals surface area contributed by atoms with Crippen molar-refractivity contribution in [3.05, 3.63) is 75.6 Å². The SMILES string of the molecule is O=C(O)C(Cc1ccc([N+](=O)[O-])cc1)c1ccc(F)cc1. The summed E-state index contributed by atoms with van der Waals surface area (Å²) in [6.07, 6.45) is 0.180. The van der Waals surface area contributed by atoms with Gasteiger partial charge in [-0.1, -0.05) is 24.3 Å². The van der Waals surface area contributed by atoms with E-state index < -0.39 is 22.6 Å². The topological polar surface area (TPSA) is 80.4 Å². The van der Waals surface area contributed by atoms with Gasteiger partial charge in [-0.15, -0.1) is 0 Å². The van der Waals surface area contributed by atoms with Crippen LogP contribution in [0.5, 0.6) is 0 Å². The van der Waals surface area contributed by atoms with E-state index in [0.717, 1.165) is 0 Å². The van der Waals surface area contributed by atoms with E-state index in [0.29, 0.717) is 11.1 Å². The van der Waals surface area contributed by atoms with Gasteiger partial charge in [0.2, 0.25) is 0 Å². The van der Waals surface area contributed by atoms with Gasteiger partial charge in [-0.2, -0.15) is 0 Å². The molecule has 0 aliphatic heterocycles. The zero-order chi connectivity index (χ0) is 15.4. The molecule has 0 spiro atoms. The van der Waals surface area contributed by atoms with Crippen LogP contribution in [0.3, 0.4) is 0 Å². The second kappa shape index (κ2) is 6.13. The molecule has 0 aromatic heterocycles. The largest absolute Gasteiger partial charge is 0.481 e. The maximum atomic E-state index is 12.9. The highest BCUT2D eigenvalue weighted by Gasteiger charge is 2.20. The Morgan fingerprint density at radius 3 is 2.19 bits per heavy atom. The number of carbonyl (C=O) groups is 1. The lowest BCUT2D eigenvalue weighted by molar-refractivity contribution is -0.384. The number of rotatable bonds is 5. The predicted molar refractivity (Wildman–Crippen MR) is 73.6 cm³/mol. The van der Waals surface area contributed by atoms with Gasteiger partial charge in [0.25, 0.3) is 5.69 Å². The van der Waals surface area contributed by atoms with Crippen molar-refractivity contribution in [2.24, 2.45) is 0 Å². The fraction of sp³-hybridized carbons (Fsp3) is 0.133. The van der Waals surface area contributed by atoms with Crippen molar-refractivity contribution in [2.45, 2.75) is 12.3 Å². The molecule has 2 rings (SSSR count). The van der Waals surface area contributed by atoms with Gasteiger partial charge in [-0.3, -0.25) is 14.9 Å². The number of carboxylic acids is 1. The monoisotopic (exact) mass is 289 g/mol. The van der Waals surface area contributed by atoms with Crippen LogP contribution >= 0.6 is 0 Å². The highest BCUT2D eigenvalue weighted by atomic mass is 19.1. The Morgan fingerprint density at radius 2 is 1.71 bits per heavy atom. The standard InChI is InChI=1S/C15H12FNO4/c16-12-5-3-11(4-6-12)14(15(18)19)9-10-1-7-13(8-2-10)17(20)21/h1-8,14H,9H2,(H,18,19). The van der Waals surface area contributed by atoms with Gasteiger partial charge in [0.1, 0.15) is 5.82 Å². The number of nitro groups is 1. The molecule has 0 bridgehead atoms. The zero-order valence-corrected chi connectivity index (χ0v) is 10.9. The quantitative estimate of drug-likeness (QED) is 0.677. The summed E-state index contributed by atoms with van der Waals surface area (Å²) in [6.45, 7) is 0. The van der Waals surface area contributed by atoms with Gasteiger partial charge >= 0.3 is 5.97 Å². The van der Waals surface area contributed by atoms with E-state index in [1.807, 2.05) is 0 Å². The van der Waals surface area contributed by atoms with E-state index in [4.69, 9.17) is 0 Å². The molecule has 5 nitrogen and oxygen atoms in total. The lowest BCUT2D eigenvalue weighted by atomic mass is 9.92. The molecule has 0 aliphatic rings. The summed E-state index contributed by atoms with van der Waals surface area (Å²) in [4.78, 5) is 21.4. The first-order valence-corrected chi connectivity index (χ1v) is 6.19. The van der Waals surface area contributed by atoms with Crippen LogP contribution in [0.15, 0.2) is 48.5 Å². The average Bonchev–Trinajstić information content (AvgIpc) is 2.46. The molecule has 0 saturated carbocycles. The summed E-state index contributed by atoms with van der Waals surface area (Å²) < 4.78 is 12.9. The third kappa shape index (κ3) is 3.62. The first-order valence-electron chi connectivity index (χ1n) is 6.19. The summed E-state index contributed by atoms with van der Waals surface area (Å²) >= 11 is 0. The van der Waals surface area contributed by atoms with Crippen LogP contribution in [0.25, 0.3) is 0 Å². The van der Waals surface area contributed by atoms with Gasteiger partial charge in [0, 0.05) is 12.1 Å². The summed E-state index contributed by atoms with van der Waals surface area (Å²) in [6, 6.07) is 11.0. The molecular formula is C15H12FNO4. The van der Waals surface area contributed by atoms with Gasteiger partial charge in [0.15, 0.2) is 0 Å². The predicted octanol–water partition coefficient (Wildman–Crippen LogP) is 3.14. The molecule has 1 atom stereocenters. The number of hydrogen-bond acceptors (Lipinski definition) is 3. The zero-order valence-electron chi connectivity index (χ0n) is 10.9. The van der Waals surface area contributed by atoms with Gasteiger partial charge in [0.05, 0.1) is 10.8 Å². The van der Waals surface area contributed by atoms with E-state index in [-0.39, 0.29) is 12.1 Å². The van der Waals surface area contributed by atoms with Crippen LogP contribution in [0.1, 0.15) is 17.0 Å². The lowest BCUT2D eigenvalue weighted by Gasteiger charge is -2.12. The summed E-state index contributed by atoms with van der Waals surface area (Å²) in [5.74, 6) is -2.29. The number of nitro benzene ring substituents is 1. The smallest absolute Gasteiger partial charge is 0.311 e. The Morgan fingerprint density at radius 1 is 1.14 bits per heavy atom. The molecule has 1 N–H and O–H groups in total. The van der Waals surface area contributed by atoms with Crippen LogP contribution in [0.4, 0.5) is 10.1 Å². The molecule has 0 radical (unpaired) electrons. The van der Waals surface area contributed by atoms with Crippen molar-refractivity contribution in [3.63, 3.8) is 0 Å². The van der Waals surface area contributed by atoms with E-state index in [2.05, 4.69) is 0 Å². The lowest BCUT2D eigenvalue weighted by Crippen LogP contribution is -2.14. The first kappa shape index (κ1) is 14.6. The first-order chi connectivity index (χ1) is 9.97. The molecule has 0 saturated heterocycles. The Labute approximate surface area is 119 Å². The normalized spacial score (nSPS) is 11.9. The van der Waals surface area contributed by atoms with E-state index >= 15 is 0 Å². The van der Waals surface area contributed by atoms with E-state index in [1.165, 1.54) is 48.5 Å². The Kier molecular flexibility index (Phi) is 4.27. The van der Waals surface area contributed by atoms with Crippen molar-refractivity contribution in [1.29, 1.82) is 0 Å². The van der Waals surface area contributed by atoms with E-state index in [1.54, 1.807) is 0 Å². The molecule has 6 heteroatoms. The van der Waals surface area contributed by atoms with Crippen molar-refractivity contribution in [3.8, 4) is 0 Å². The third-order valence-electron chi connectivity index (χ3n) is 3.16. The minimum absolute atomic E-state index is 0.0487. The fourth-order valence-electron chi connectivity index (χ4n) is 2.03. The Balaban J connectivity index is 2.22. The van der Waals surface area contributed by atoms with Crippen molar-refractivity contribution in [2.75, 3.05) is 0 Å². The minimum atomic E-state index is -1.03. The van der Waals surface area contributed by atoms with Crippen LogP contribution in [-0.4, -0.2) is 16.0 Å². The number of non-ortho nitro benzene ring substituents is 1. The maximum Gasteiger partial charge on any atom is 0.311 e. The van der Waals surface area contributed by atoms with Crippen molar-refractivity contribution in [1.82, 2.24) is 0 Å². The summed E-state index contributed by atoms with van der Waals surface area (Å²) in [7, 11) is 0. The maximum absolute atomic E-state index is 12.9. The van der Waals surface area contributed by atoms with Crippen LogP contribution in [0, 0.1) is 15.9 Å². The molecule has 2 aromatic carbocycles. The number of aliphatic carboxylic acids is 1. The molecule has 2 aromatic rings. The van der Waals surface area contributed by atoms with Crippen LogP contribution < -0.4 is 0 Å². The molecule has 0 amide bonds. The molecule has 108 valence electrons. The number of halogens is 1. The van der Waals surface area contributed by atoms with Crippen molar-refractivity contribution < 1.29 is 19.2 Å². The number of benzene rings is 2. The molecule has 0 aliphatic carbocycles. The van der Waals surface area contributed by atoms with Crippen LogP contribution in [0.2, 0.25) is 0 Å². The summed E-state index contributed by atoms with van der Waals surface area (Å²) in [5, 5.41) is 19.9. The molecule has 0 heterocycles. The molecule has 21 heavy (non-hydrogen) atoms.